The molecule has 0 spiro atoms. The predicted molar refractivity (Wildman–Crippen MR) is 72.4 cm³/mol. The number of rotatable bonds is 4. The molecule has 0 radical (unpaired) electrons. The molecule has 0 atom stereocenters. The quantitative estimate of drug-likeness (QED) is 0.856. The molecule has 0 aliphatic carbocycles. The van der Waals surface area contributed by atoms with Gasteiger partial charge in [0, 0.05) is 12.1 Å². The number of nitrogens with one attached hydrogen (secondary N) is 2. The van der Waals surface area contributed by atoms with Crippen LogP contribution in [0.2, 0.25) is 0 Å². The largest absolute Gasteiger partial charge is 0.317 e. The number of hydrogen-bond acceptors (Lipinski definition) is 3. The summed E-state index contributed by atoms with van der Waals surface area (Å²) in [6.07, 6.45) is 3.96. The summed E-state index contributed by atoms with van der Waals surface area (Å²) in [4.78, 5) is 16.1. The zero-order valence-corrected chi connectivity index (χ0v) is 10.9. The number of amides is 1. The number of carbonyl (C=O) groups is 1. The number of piperidine rings is 1. The fraction of sp³-hybridized carbons (Fsp3) is 0.571. The van der Waals surface area contributed by atoms with Crippen molar-refractivity contribution < 1.29 is 4.79 Å². The van der Waals surface area contributed by atoms with Gasteiger partial charge in [0.15, 0.2) is 0 Å². The van der Waals surface area contributed by atoms with Crippen LogP contribution in [-0.2, 0) is 4.79 Å². The number of aromatic nitrogens is 1. The Morgan fingerprint density at radius 3 is 2.94 bits per heavy atom. The van der Waals surface area contributed by atoms with E-state index in [1.54, 1.807) is 0 Å². The first-order valence-corrected chi connectivity index (χ1v) is 6.68. The maximum atomic E-state index is 11.8. The van der Waals surface area contributed by atoms with E-state index < -0.39 is 0 Å². The van der Waals surface area contributed by atoms with E-state index in [1.165, 1.54) is 12.8 Å². The lowest BCUT2D eigenvalue weighted by Gasteiger charge is -2.22. The van der Waals surface area contributed by atoms with Crippen LogP contribution in [0.15, 0.2) is 18.2 Å². The second-order valence-electron chi connectivity index (χ2n) is 4.94. The Balaban J connectivity index is 1.74. The van der Waals surface area contributed by atoms with Gasteiger partial charge in [0.2, 0.25) is 5.91 Å². The molecular weight excluding hydrogens is 226 g/mol. The molecule has 1 saturated heterocycles. The van der Waals surface area contributed by atoms with Gasteiger partial charge in [0.1, 0.15) is 5.82 Å². The molecule has 1 aliphatic heterocycles. The highest BCUT2D eigenvalue weighted by Crippen LogP contribution is 2.18. The number of aryl methyl sites for hydroxylation is 1. The summed E-state index contributed by atoms with van der Waals surface area (Å²) in [7, 11) is 0. The van der Waals surface area contributed by atoms with Gasteiger partial charge in [-0.15, -0.1) is 0 Å². The minimum absolute atomic E-state index is 0.0756. The van der Waals surface area contributed by atoms with E-state index in [0.29, 0.717) is 18.2 Å². The van der Waals surface area contributed by atoms with Crippen LogP contribution in [0.1, 0.15) is 31.4 Å². The number of carbonyl (C=O) groups excluding carboxylic acids is 1. The average Bonchev–Trinajstić information content (AvgIpc) is 2.38. The number of hydrogen-bond donors (Lipinski definition) is 2. The van der Waals surface area contributed by atoms with E-state index in [2.05, 4.69) is 15.6 Å². The van der Waals surface area contributed by atoms with E-state index >= 15 is 0 Å². The van der Waals surface area contributed by atoms with Gasteiger partial charge in [0.25, 0.3) is 0 Å². The molecule has 0 aromatic carbocycles. The van der Waals surface area contributed by atoms with Crippen LogP contribution in [0.3, 0.4) is 0 Å². The molecule has 4 nitrogen and oxygen atoms in total. The molecule has 1 aliphatic rings. The molecule has 0 unspecified atom stereocenters. The maximum Gasteiger partial charge on any atom is 0.225 e. The van der Waals surface area contributed by atoms with Crippen LogP contribution in [0.5, 0.6) is 0 Å². The van der Waals surface area contributed by atoms with E-state index in [4.69, 9.17) is 0 Å². The Labute approximate surface area is 108 Å². The fourth-order valence-corrected chi connectivity index (χ4v) is 2.32. The van der Waals surface area contributed by atoms with Gasteiger partial charge in [-0.1, -0.05) is 6.07 Å². The van der Waals surface area contributed by atoms with Crippen molar-refractivity contribution in [1.29, 1.82) is 0 Å². The maximum absolute atomic E-state index is 11.8. The summed E-state index contributed by atoms with van der Waals surface area (Å²) in [5, 5.41) is 6.19. The predicted octanol–water partition coefficient (Wildman–Crippen LogP) is 2.11. The van der Waals surface area contributed by atoms with Crippen molar-refractivity contribution in [3.63, 3.8) is 0 Å². The summed E-state index contributed by atoms with van der Waals surface area (Å²) >= 11 is 0. The molecule has 1 amide bonds. The van der Waals surface area contributed by atoms with Gasteiger partial charge in [-0.3, -0.25) is 4.79 Å². The molecule has 2 rings (SSSR count). The lowest BCUT2D eigenvalue weighted by molar-refractivity contribution is -0.116. The number of nitrogens with zero attached hydrogens (tertiary/aromatic N) is 1. The number of pyridine rings is 1. The lowest BCUT2D eigenvalue weighted by atomic mass is 9.93. The van der Waals surface area contributed by atoms with E-state index in [1.807, 2.05) is 25.1 Å². The highest BCUT2D eigenvalue weighted by Gasteiger charge is 2.14. The SMILES string of the molecule is Cc1cccc(NC(=O)CCC2CCNCC2)n1. The number of anilines is 1. The zero-order valence-electron chi connectivity index (χ0n) is 10.9. The van der Waals surface area contributed by atoms with Crippen LogP contribution in [0, 0.1) is 12.8 Å². The smallest absolute Gasteiger partial charge is 0.225 e. The second kappa shape index (κ2) is 6.50. The Morgan fingerprint density at radius 2 is 2.22 bits per heavy atom. The van der Waals surface area contributed by atoms with Gasteiger partial charge >= 0.3 is 0 Å². The van der Waals surface area contributed by atoms with Crippen LogP contribution < -0.4 is 10.6 Å². The Bertz CT molecular complexity index is 400. The topological polar surface area (TPSA) is 54.0 Å². The first-order valence-electron chi connectivity index (χ1n) is 6.68. The standard InChI is InChI=1S/C14H21N3O/c1-11-3-2-4-13(16-11)17-14(18)6-5-12-7-9-15-10-8-12/h2-4,12,15H,5-10H2,1H3,(H,16,17,18). The third kappa shape index (κ3) is 4.11. The van der Waals surface area contributed by atoms with Crippen molar-refractivity contribution in [1.82, 2.24) is 10.3 Å². The average molecular weight is 247 g/mol. The van der Waals surface area contributed by atoms with E-state index in [9.17, 15) is 4.79 Å². The molecular formula is C14H21N3O. The molecule has 18 heavy (non-hydrogen) atoms. The van der Waals surface area contributed by atoms with Crippen molar-refractivity contribution in [2.45, 2.75) is 32.6 Å². The molecule has 2 heterocycles. The summed E-state index contributed by atoms with van der Waals surface area (Å²) in [5.41, 5.74) is 0.922. The monoisotopic (exact) mass is 247 g/mol. The Kier molecular flexibility index (Phi) is 4.70. The van der Waals surface area contributed by atoms with Gasteiger partial charge < -0.3 is 10.6 Å². The molecule has 1 aromatic rings. The third-order valence-corrected chi connectivity index (χ3v) is 3.39. The van der Waals surface area contributed by atoms with Crippen LogP contribution in [0.4, 0.5) is 5.82 Å². The Hall–Kier alpha value is -1.42. The van der Waals surface area contributed by atoms with Gasteiger partial charge in [-0.25, -0.2) is 4.98 Å². The van der Waals surface area contributed by atoms with Gasteiger partial charge in [-0.05, 0) is 57.3 Å². The van der Waals surface area contributed by atoms with E-state index in [-0.39, 0.29) is 5.91 Å². The molecule has 1 fully saturated rings. The van der Waals surface area contributed by atoms with Crippen LogP contribution in [0.25, 0.3) is 0 Å². The van der Waals surface area contributed by atoms with Crippen molar-refractivity contribution in [2.75, 3.05) is 18.4 Å². The summed E-state index contributed by atoms with van der Waals surface area (Å²) in [5.74, 6) is 1.43. The fourth-order valence-electron chi connectivity index (χ4n) is 2.32. The van der Waals surface area contributed by atoms with E-state index in [0.717, 1.165) is 25.2 Å². The van der Waals surface area contributed by atoms with Crippen molar-refractivity contribution in [3.8, 4) is 0 Å². The zero-order chi connectivity index (χ0) is 12.8. The first kappa shape index (κ1) is 13.0. The molecule has 0 bridgehead atoms. The first-order chi connectivity index (χ1) is 8.74. The summed E-state index contributed by atoms with van der Waals surface area (Å²) < 4.78 is 0. The van der Waals surface area contributed by atoms with Crippen LogP contribution in [-0.4, -0.2) is 24.0 Å². The van der Waals surface area contributed by atoms with Crippen molar-refractivity contribution >= 4 is 11.7 Å². The minimum atomic E-state index is 0.0756. The highest BCUT2D eigenvalue weighted by atomic mass is 16.1. The second-order valence-corrected chi connectivity index (χ2v) is 4.94. The molecule has 1 aromatic heterocycles. The minimum Gasteiger partial charge on any atom is -0.317 e. The normalized spacial score (nSPS) is 16.5. The van der Waals surface area contributed by atoms with Gasteiger partial charge in [0.05, 0.1) is 0 Å². The third-order valence-electron chi connectivity index (χ3n) is 3.39. The molecule has 2 N–H and O–H groups in total. The molecule has 98 valence electrons. The Morgan fingerprint density at radius 1 is 1.44 bits per heavy atom. The van der Waals surface area contributed by atoms with Crippen molar-refractivity contribution in [2.24, 2.45) is 5.92 Å². The van der Waals surface area contributed by atoms with Crippen LogP contribution >= 0.6 is 0 Å². The molecule has 0 saturated carbocycles. The lowest BCUT2D eigenvalue weighted by Crippen LogP contribution is -2.28. The summed E-state index contributed by atoms with van der Waals surface area (Å²) in [6, 6.07) is 5.66. The molecule has 4 heteroatoms. The highest BCUT2D eigenvalue weighted by molar-refractivity contribution is 5.89. The summed E-state index contributed by atoms with van der Waals surface area (Å²) in [6.45, 7) is 4.10. The van der Waals surface area contributed by atoms with Gasteiger partial charge in [-0.2, -0.15) is 0 Å². The van der Waals surface area contributed by atoms with Crippen molar-refractivity contribution in [3.05, 3.63) is 23.9 Å².